The molecule has 1 amide bonds. The molecular weight excluding hydrogens is 320 g/mol. The van der Waals surface area contributed by atoms with E-state index < -0.39 is 11.9 Å². The molecule has 126 valence electrons. The van der Waals surface area contributed by atoms with Gasteiger partial charge < -0.3 is 10.0 Å². The minimum absolute atomic E-state index is 0.186. The number of rotatable bonds is 3. The van der Waals surface area contributed by atoms with E-state index in [9.17, 15) is 14.7 Å². The number of aromatic amines is 1. The average molecular weight is 336 g/mol. The number of amides is 1. The molecule has 1 fully saturated rings. The Morgan fingerprint density at radius 3 is 2.56 bits per heavy atom. The molecule has 1 saturated heterocycles. The van der Waals surface area contributed by atoms with Crippen LogP contribution in [0.3, 0.4) is 0 Å². The summed E-state index contributed by atoms with van der Waals surface area (Å²) in [5, 5.41) is 20.0. The molecule has 1 aromatic heterocycles. The van der Waals surface area contributed by atoms with Crippen molar-refractivity contribution in [1.82, 2.24) is 20.3 Å². The maximum atomic E-state index is 12.8. The van der Waals surface area contributed by atoms with Crippen molar-refractivity contribution in [3.05, 3.63) is 59.7 Å². The van der Waals surface area contributed by atoms with Crippen molar-refractivity contribution in [3.63, 3.8) is 0 Å². The van der Waals surface area contributed by atoms with Gasteiger partial charge in [-0.1, -0.05) is 30.3 Å². The number of hydrogen-bond acceptors (Lipinski definition) is 4. The summed E-state index contributed by atoms with van der Waals surface area (Å²) in [4.78, 5) is 26.1. The number of carboxylic acids is 1. The van der Waals surface area contributed by atoms with E-state index in [1.807, 2.05) is 30.3 Å². The summed E-state index contributed by atoms with van der Waals surface area (Å²) in [6, 6.07) is 14.6. The Kier molecular flexibility index (Phi) is 3.68. The smallest absolute Gasteiger partial charge is 0.308 e. The van der Waals surface area contributed by atoms with Crippen molar-refractivity contribution in [2.45, 2.75) is 5.92 Å². The van der Waals surface area contributed by atoms with Gasteiger partial charge in [-0.2, -0.15) is 15.4 Å². The second-order valence-electron chi connectivity index (χ2n) is 6.20. The number of fused-ring (bicyclic) bond motifs is 1. The lowest BCUT2D eigenvalue weighted by Gasteiger charge is -2.16. The van der Waals surface area contributed by atoms with Crippen molar-refractivity contribution in [3.8, 4) is 0 Å². The van der Waals surface area contributed by atoms with E-state index >= 15 is 0 Å². The Labute approximate surface area is 143 Å². The Morgan fingerprint density at radius 1 is 1.04 bits per heavy atom. The fraction of sp³-hybridized carbons (Fsp3) is 0.222. The minimum atomic E-state index is -0.879. The van der Waals surface area contributed by atoms with Gasteiger partial charge in [-0.15, -0.1) is 0 Å². The van der Waals surface area contributed by atoms with Gasteiger partial charge in [0.05, 0.1) is 5.92 Å². The number of hydrogen-bond donors (Lipinski definition) is 2. The molecule has 2 atom stereocenters. The first kappa shape index (κ1) is 15.3. The first-order valence-electron chi connectivity index (χ1n) is 8.01. The number of benzene rings is 2. The average Bonchev–Trinajstić information content (AvgIpc) is 3.28. The zero-order valence-electron chi connectivity index (χ0n) is 13.3. The van der Waals surface area contributed by atoms with E-state index in [4.69, 9.17) is 0 Å². The van der Waals surface area contributed by atoms with Gasteiger partial charge in [-0.05, 0) is 23.8 Å². The number of aromatic nitrogens is 3. The molecule has 0 bridgehead atoms. The molecule has 3 aromatic rings. The Hall–Kier alpha value is -3.22. The summed E-state index contributed by atoms with van der Waals surface area (Å²) in [7, 11) is 0. The van der Waals surface area contributed by atoms with Crippen molar-refractivity contribution < 1.29 is 14.7 Å². The van der Waals surface area contributed by atoms with E-state index in [1.165, 1.54) is 0 Å². The van der Waals surface area contributed by atoms with Crippen molar-refractivity contribution in [2.75, 3.05) is 13.1 Å². The van der Waals surface area contributed by atoms with E-state index in [-0.39, 0.29) is 18.4 Å². The van der Waals surface area contributed by atoms with E-state index in [0.29, 0.717) is 23.1 Å². The van der Waals surface area contributed by atoms with E-state index in [1.54, 1.807) is 23.1 Å². The molecule has 1 aliphatic heterocycles. The van der Waals surface area contributed by atoms with Gasteiger partial charge >= 0.3 is 5.97 Å². The number of carbonyl (C=O) groups is 2. The van der Waals surface area contributed by atoms with Gasteiger partial charge in [0, 0.05) is 24.6 Å². The number of nitrogens with zero attached hydrogens (tertiary/aromatic N) is 3. The zero-order valence-corrected chi connectivity index (χ0v) is 13.3. The summed E-state index contributed by atoms with van der Waals surface area (Å²) >= 11 is 0. The molecular formula is C18H16N4O3. The van der Waals surface area contributed by atoms with Gasteiger partial charge in [0.15, 0.2) is 0 Å². The van der Waals surface area contributed by atoms with Gasteiger partial charge in [0.1, 0.15) is 11.0 Å². The maximum absolute atomic E-state index is 12.8. The van der Waals surface area contributed by atoms with Crippen LogP contribution in [0.15, 0.2) is 48.5 Å². The Bertz CT molecular complexity index is 938. The van der Waals surface area contributed by atoms with Crippen LogP contribution in [0.2, 0.25) is 0 Å². The first-order valence-corrected chi connectivity index (χ1v) is 8.01. The molecule has 25 heavy (non-hydrogen) atoms. The summed E-state index contributed by atoms with van der Waals surface area (Å²) in [6.45, 7) is 0.585. The van der Waals surface area contributed by atoms with E-state index in [2.05, 4.69) is 15.4 Å². The van der Waals surface area contributed by atoms with E-state index in [0.717, 1.165) is 5.56 Å². The second kappa shape index (κ2) is 6.01. The lowest BCUT2D eigenvalue weighted by Crippen LogP contribution is -2.29. The molecule has 4 rings (SSSR count). The molecule has 1 aliphatic rings. The summed E-state index contributed by atoms with van der Waals surface area (Å²) in [5.41, 5.74) is 2.72. The van der Waals surface area contributed by atoms with Crippen molar-refractivity contribution in [2.24, 2.45) is 5.92 Å². The van der Waals surface area contributed by atoms with Crippen LogP contribution in [-0.2, 0) is 4.79 Å². The highest BCUT2D eigenvalue weighted by Crippen LogP contribution is 2.33. The van der Waals surface area contributed by atoms with Crippen LogP contribution in [-0.4, -0.2) is 50.4 Å². The van der Waals surface area contributed by atoms with Crippen molar-refractivity contribution >= 4 is 22.9 Å². The van der Waals surface area contributed by atoms with Gasteiger partial charge in [-0.25, -0.2) is 0 Å². The first-order chi connectivity index (χ1) is 12.1. The minimum Gasteiger partial charge on any atom is -0.481 e. The molecule has 0 aliphatic carbocycles. The SMILES string of the molecule is O=C(O)C1CN(C(=O)c2ccc3n[nH]nc3c2)CC1c1ccccc1. The third-order valence-electron chi connectivity index (χ3n) is 4.72. The van der Waals surface area contributed by atoms with Gasteiger partial charge in [0.25, 0.3) is 5.91 Å². The quantitative estimate of drug-likeness (QED) is 0.761. The highest BCUT2D eigenvalue weighted by Gasteiger charge is 2.40. The van der Waals surface area contributed by atoms with Crippen LogP contribution in [0.25, 0.3) is 11.0 Å². The normalized spacial score (nSPS) is 20.1. The van der Waals surface area contributed by atoms with Crippen molar-refractivity contribution in [1.29, 1.82) is 0 Å². The summed E-state index contributed by atoms with van der Waals surface area (Å²) in [5.74, 6) is -1.88. The molecule has 2 heterocycles. The standard InChI is InChI=1S/C18H16N4O3/c23-17(12-6-7-15-16(8-12)20-21-19-15)22-9-13(14(10-22)18(24)25)11-4-2-1-3-5-11/h1-8,13-14H,9-10H2,(H,24,25)(H,19,20,21). The molecule has 7 heteroatoms. The number of aliphatic carboxylic acids is 1. The number of H-pyrrole nitrogens is 1. The number of carbonyl (C=O) groups excluding carboxylic acids is 1. The monoisotopic (exact) mass is 336 g/mol. The number of carboxylic acid groups (broad SMARTS) is 1. The fourth-order valence-corrected chi connectivity index (χ4v) is 3.41. The van der Waals surface area contributed by atoms with Crippen LogP contribution in [0, 0.1) is 5.92 Å². The molecule has 7 nitrogen and oxygen atoms in total. The molecule has 2 aromatic carbocycles. The highest BCUT2D eigenvalue weighted by atomic mass is 16.4. The van der Waals surface area contributed by atoms with Gasteiger partial charge in [-0.3, -0.25) is 9.59 Å². The highest BCUT2D eigenvalue weighted by molar-refractivity contribution is 5.97. The largest absolute Gasteiger partial charge is 0.481 e. The van der Waals surface area contributed by atoms with Crippen LogP contribution in [0.4, 0.5) is 0 Å². The maximum Gasteiger partial charge on any atom is 0.308 e. The Morgan fingerprint density at radius 2 is 1.80 bits per heavy atom. The van der Waals surface area contributed by atoms with Crippen LogP contribution < -0.4 is 0 Å². The third-order valence-corrected chi connectivity index (χ3v) is 4.72. The molecule has 2 N–H and O–H groups in total. The molecule has 0 saturated carbocycles. The lowest BCUT2D eigenvalue weighted by molar-refractivity contribution is -0.141. The predicted molar refractivity (Wildman–Crippen MR) is 90.1 cm³/mol. The summed E-state index contributed by atoms with van der Waals surface area (Å²) in [6.07, 6.45) is 0. The van der Waals surface area contributed by atoms with Crippen LogP contribution >= 0.6 is 0 Å². The number of nitrogens with one attached hydrogen (secondary N) is 1. The zero-order chi connectivity index (χ0) is 17.4. The van der Waals surface area contributed by atoms with Crippen LogP contribution in [0.5, 0.6) is 0 Å². The summed E-state index contributed by atoms with van der Waals surface area (Å²) < 4.78 is 0. The van der Waals surface area contributed by atoms with Gasteiger partial charge in [0.2, 0.25) is 0 Å². The number of likely N-dealkylation sites (tertiary alicyclic amines) is 1. The third kappa shape index (κ3) is 2.73. The molecule has 0 spiro atoms. The van der Waals surface area contributed by atoms with Crippen LogP contribution in [0.1, 0.15) is 21.8 Å². The molecule has 2 unspecified atom stereocenters. The molecule has 0 radical (unpaired) electrons. The topological polar surface area (TPSA) is 99.2 Å². The lowest BCUT2D eigenvalue weighted by atomic mass is 9.89. The Balaban J connectivity index is 1.62. The second-order valence-corrected chi connectivity index (χ2v) is 6.20. The fourth-order valence-electron chi connectivity index (χ4n) is 3.41. The predicted octanol–water partition coefficient (Wildman–Crippen LogP) is 1.90.